The number of nitrogens with zero attached hydrogens (tertiary/aromatic N) is 1. The van der Waals surface area contributed by atoms with E-state index in [4.69, 9.17) is 4.42 Å². The number of hydrogen-bond donors (Lipinski definition) is 2. The van der Waals surface area contributed by atoms with Gasteiger partial charge in [0.05, 0.1) is 11.9 Å². The van der Waals surface area contributed by atoms with E-state index in [0.717, 1.165) is 30.4 Å². The molecular weight excluding hydrogens is 288 g/mol. The van der Waals surface area contributed by atoms with Crippen LogP contribution in [0.5, 0.6) is 0 Å². The second-order valence-electron chi connectivity index (χ2n) is 5.37. The number of aliphatic hydroxyl groups is 1. The highest BCUT2D eigenvalue weighted by atomic mass is 32.2. The van der Waals surface area contributed by atoms with E-state index in [9.17, 15) is 9.90 Å². The van der Waals surface area contributed by atoms with Gasteiger partial charge in [-0.05, 0) is 37.3 Å². The number of nitrogens with one attached hydrogen (secondary N) is 1. The Hall–Kier alpha value is -1.53. The van der Waals surface area contributed by atoms with Crippen molar-refractivity contribution in [3.05, 3.63) is 24.3 Å². The number of carbonyl (C=O) groups is 1. The van der Waals surface area contributed by atoms with Gasteiger partial charge in [-0.3, -0.25) is 4.79 Å². The van der Waals surface area contributed by atoms with Crippen molar-refractivity contribution in [2.75, 3.05) is 12.3 Å². The largest absolute Gasteiger partial charge is 0.431 e. The molecule has 1 fully saturated rings. The van der Waals surface area contributed by atoms with Gasteiger partial charge in [-0.15, -0.1) is 0 Å². The lowest BCUT2D eigenvalue weighted by Gasteiger charge is -2.10. The van der Waals surface area contributed by atoms with Crippen molar-refractivity contribution in [3.63, 3.8) is 0 Å². The molecule has 112 valence electrons. The van der Waals surface area contributed by atoms with Gasteiger partial charge >= 0.3 is 0 Å². The lowest BCUT2D eigenvalue weighted by molar-refractivity contribution is -0.118. The molecule has 0 radical (unpaired) electrons. The molecule has 3 rings (SSSR count). The SMILES string of the molecule is O=C(CSc1nc2ccccc2o1)NCC1CCC(O)C1. The minimum absolute atomic E-state index is 0.0244. The van der Waals surface area contributed by atoms with E-state index in [1.807, 2.05) is 24.3 Å². The molecule has 0 aliphatic heterocycles. The molecule has 1 amide bonds. The summed E-state index contributed by atoms with van der Waals surface area (Å²) in [4.78, 5) is 16.1. The van der Waals surface area contributed by atoms with E-state index < -0.39 is 0 Å². The molecule has 2 unspecified atom stereocenters. The van der Waals surface area contributed by atoms with Crippen molar-refractivity contribution >= 4 is 28.8 Å². The molecule has 0 spiro atoms. The Morgan fingerprint density at radius 2 is 2.29 bits per heavy atom. The van der Waals surface area contributed by atoms with Crippen molar-refractivity contribution in [2.24, 2.45) is 5.92 Å². The van der Waals surface area contributed by atoms with E-state index in [1.54, 1.807) is 0 Å². The average Bonchev–Trinajstić information content (AvgIpc) is 3.08. The van der Waals surface area contributed by atoms with Gasteiger partial charge in [-0.2, -0.15) is 0 Å². The fourth-order valence-corrected chi connectivity index (χ4v) is 3.25. The van der Waals surface area contributed by atoms with E-state index in [1.165, 1.54) is 11.8 Å². The minimum Gasteiger partial charge on any atom is -0.431 e. The molecule has 0 saturated heterocycles. The smallest absolute Gasteiger partial charge is 0.257 e. The van der Waals surface area contributed by atoms with Crippen LogP contribution in [0.25, 0.3) is 11.1 Å². The molecule has 21 heavy (non-hydrogen) atoms. The number of aromatic nitrogens is 1. The predicted octanol–water partition coefficient (Wildman–Crippen LogP) is 2.20. The molecule has 1 saturated carbocycles. The van der Waals surface area contributed by atoms with Gasteiger partial charge in [-0.25, -0.2) is 4.98 Å². The van der Waals surface area contributed by atoms with Gasteiger partial charge in [0, 0.05) is 6.54 Å². The summed E-state index contributed by atoms with van der Waals surface area (Å²) in [7, 11) is 0. The van der Waals surface area contributed by atoms with Gasteiger partial charge in [0.2, 0.25) is 5.91 Å². The molecule has 1 aliphatic carbocycles. The summed E-state index contributed by atoms with van der Waals surface area (Å²) in [5.41, 5.74) is 1.54. The van der Waals surface area contributed by atoms with E-state index >= 15 is 0 Å². The summed E-state index contributed by atoms with van der Waals surface area (Å²) < 4.78 is 5.55. The van der Waals surface area contributed by atoms with Gasteiger partial charge in [0.15, 0.2) is 5.58 Å². The molecule has 2 N–H and O–H groups in total. The zero-order valence-corrected chi connectivity index (χ0v) is 12.4. The Bertz CT molecular complexity index is 595. The minimum atomic E-state index is -0.193. The number of fused-ring (bicyclic) bond motifs is 1. The van der Waals surface area contributed by atoms with Crippen LogP contribution in [-0.4, -0.2) is 34.4 Å². The van der Waals surface area contributed by atoms with Crippen molar-refractivity contribution in [1.29, 1.82) is 0 Å². The highest BCUT2D eigenvalue weighted by molar-refractivity contribution is 7.99. The van der Waals surface area contributed by atoms with Crippen molar-refractivity contribution < 1.29 is 14.3 Å². The molecule has 6 heteroatoms. The van der Waals surface area contributed by atoms with Crippen LogP contribution in [-0.2, 0) is 4.79 Å². The lowest BCUT2D eigenvalue weighted by atomic mass is 10.1. The summed E-state index contributed by atoms with van der Waals surface area (Å²) in [6, 6.07) is 7.54. The number of aliphatic hydroxyl groups excluding tert-OH is 1. The first-order chi connectivity index (χ1) is 10.2. The second kappa shape index (κ2) is 6.49. The molecule has 1 aromatic heterocycles. The van der Waals surface area contributed by atoms with E-state index in [2.05, 4.69) is 10.3 Å². The van der Waals surface area contributed by atoms with Crippen LogP contribution < -0.4 is 5.32 Å². The van der Waals surface area contributed by atoms with Gasteiger partial charge in [-0.1, -0.05) is 23.9 Å². The topological polar surface area (TPSA) is 75.4 Å². The summed E-state index contributed by atoms with van der Waals surface area (Å²) in [5, 5.41) is 12.9. The number of para-hydroxylation sites is 2. The fraction of sp³-hybridized carbons (Fsp3) is 0.467. The predicted molar refractivity (Wildman–Crippen MR) is 81.1 cm³/mol. The maximum atomic E-state index is 11.8. The average molecular weight is 306 g/mol. The molecule has 1 heterocycles. The Kier molecular flexibility index (Phi) is 4.45. The molecule has 2 aromatic rings. The third kappa shape index (κ3) is 3.77. The second-order valence-corrected chi connectivity index (χ2v) is 6.30. The Morgan fingerprint density at radius 3 is 3.05 bits per heavy atom. The van der Waals surface area contributed by atoms with Crippen LogP contribution in [0, 0.1) is 5.92 Å². The van der Waals surface area contributed by atoms with Crippen molar-refractivity contribution in [2.45, 2.75) is 30.6 Å². The molecule has 1 aromatic carbocycles. The summed E-state index contributed by atoms with van der Waals surface area (Å²) in [6.45, 7) is 0.643. The fourth-order valence-electron chi connectivity index (χ4n) is 2.58. The third-order valence-corrected chi connectivity index (χ3v) is 4.53. The van der Waals surface area contributed by atoms with Crippen LogP contribution >= 0.6 is 11.8 Å². The first-order valence-corrected chi connectivity index (χ1v) is 8.12. The standard InChI is InChI=1S/C15H18N2O3S/c18-11-6-5-10(7-11)8-16-14(19)9-21-15-17-12-3-1-2-4-13(12)20-15/h1-4,10-11,18H,5-9H2,(H,16,19). The number of benzene rings is 1. The summed E-state index contributed by atoms with van der Waals surface area (Å²) >= 11 is 1.30. The Balaban J connectivity index is 1.45. The number of thioether (sulfide) groups is 1. The molecule has 1 aliphatic rings. The monoisotopic (exact) mass is 306 g/mol. The van der Waals surface area contributed by atoms with Gasteiger partial charge in [0.1, 0.15) is 5.52 Å². The Morgan fingerprint density at radius 1 is 1.43 bits per heavy atom. The molecule has 2 atom stereocenters. The maximum Gasteiger partial charge on any atom is 0.257 e. The van der Waals surface area contributed by atoms with Gasteiger partial charge in [0.25, 0.3) is 5.22 Å². The van der Waals surface area contributed by atoms with E-state index in [0.29, 0.717) is 23.4 Å². The molecule has 0 bridgehead atoms. The van der Waals surface area contributed by atoms with Crippen LogP contribution in [0.15, 0.2) is 33.9 Å². The zero-order valence-electron chi connectivity index (χ0n) is 11.6. The number of amides is 1. The number of carbonyl (C=O) groups excluding carboxylic acids is 1. The molecule has 5 nitrogen and oxygen atoms in total. The molecular formula is C15H18N2O3S. The quantitative estimate of drug-likeness (QED) is 0.828. The van der Waals surface area contributed by atoms with Gasteiger partial charge < -0.3 is 14.8 Å². The van der Waals surface area contributed by atoms with Crippen molar-refractivity contribution in [3.8, 4) is 0 Å². The number of rotatable bonds is 5. The maximum absolute atomic E-state index is 11.8. The summed E-state index contributed by atoms with van der Waals surface area (Å²) in [6.07, 6.45) is 2.43. The van der Waals surface area contributed by atoms with Crippen LogP contribution in [0.3, 0.4) is 0 Å². The number of hydrogen-bond acceptors (Lipinski definition) is 5. The van der Waals surface area contributed by atoms with Crippen LogP contribution in [0.1, 0.15) is 19.3 Å². The third-order valence-electron chi connectivity index (χ3n) is 3.70. The van der Waals surface area contributed by atoms with Crippen LogP contribution in [0.4, 0.5) is 0 Å². The Labute approximate surface area is 127 Å². The highest BCUT2D eigenvalue weighted by Crippen LogP contribution is 2.25. The lowest BCUT2D eigenvalue weighted by Crippen LogP contribution is -2.30. The van der Waals surface area contributed by atoms with Crippen LogP contribution in [0.2, 0.25) is 0 Å². The first-order valence-electron chi connectivity index (χ1n) is 7.14. The highest BCUT2D eigenvalue weighted by Gasteiger charge is 2.22. The van der Waals surface area contributed by atoms with Crippen molar-refractivity contribution in [1.82, 2.24) is 10.3 Å². The first kappa shape index (κ1) is 14.4. The zero-order chi connectivity index (χ0) is 14.7. The van der Waals surface area contributed by atoms with E-state index in [-0.39, 0.29) is 12.0 Å². The summed E-state index contributed by atoms with van der Waals surface area (Å²) in [5.74, 6) is 0.671. The normalized spacial score (nSPS) is 21.8. The number of oxazole rings is 1.